The van der Waals surface area contributed by atoms with Gasteiger partial charge in [-0.15, -0.1) is 0 Å². The van der Waals surface area contributed by atoms with Crippen LogP contribution in [0.2, 0.25) is 0 Å². The van der Waals surface area contributed by atoms with Crippen LogP contribution in [0.3, 0.4) is 0 Å². The Bertz CT molecular complexity index is 464. The fourth-order valence-corrected chi connectivity index (χ4v) is 2.19. The number of carbonyl (C=O) groups is 2. The number of para-hydroxylation sites is 1. The Hall–Kier alpha value is -2.08. The Balaban J connectivity index is 2.03. The second-order valence-electron chi connectivity index (χ2n) is 4.60. The molecule has 2 rings (SSSR count). The van der Waals surface area contributed by atoms with Crippen molar-refractivity contribution in [2.24, 2.45) is 0 Å². The van der Waals surface area contributed by atoms with E-state index in [-0.39, 0.29) is 11.9 Å². The smallest absolute Gasteiger partial charge is 0.322 e. The van der Waals surface area contributed by atoms with Gasteiger partial charge in [-0.05, 0) is 19.1 Å². The lowest BCUT2D eigenvalue weighted by atomic mass is 10.2. The monoisotopic (exact) mass is 276 g/mol. The van der Waals surface area contributed by atoms with Crippen molar-refractivity contribution >= 4 is 17.6 Å². The first kappa shape index (κ1) is 14.3. The van der Waals surface area contributed by atoms with Crippen LogP contribution in [0, 0.1) is 0 Å². The molecule has 1 aromatic carbocycles. The molecule has 1 heterocycles. The molecule has 0 radical (unpaired) electrons. The molecule has 1 unspecified atom stereocenters. The van der Waals surface area contributed by atoms with Crippen molar-refractivity contribution in [1.82, 2.24) is 15.5 Å². The standard InChI is InChI=1S/C14H20N4O2/c1-2-16-13(19)12-10-15-8-9-18(12)14(20)17-11-6-4-3-5-7-11/h3-7,12,15H,2,8-10H2,1H3,(H,16,19)(H,17,20). The first-order valence-electron chi connectivity index (χ1n) is 6.83. The summed E-state index contributed by atoms with van der Waals surface area (Å²) in [5.74, 6) is -0.122. The Morgan fingerprint density at radius 1 is 1.35 bits per heavy atom. The molecular formula is C14H20N4O2. The summed E-state index contributed by atoms with van der Waals surface area (Å²) in [5, 5.41) is 8.72. The number of rotatable bonds is 3. The van der Waals surface area contributed by atoms with Gasteiger partial charge in [0.2, 0.25) is 5.91 Å². The zero-order chi connectivity index (χ0) is 14.4. The second-order valence-corrected chi connectivity index (χ2v) is 4.60. The van der Waals surface area contributed by atoms with Gasteiger partial charge in [0.1, 0.15) is 6.04 Å². The highest BCUT2D eigenvalue weighted by Crippen LogP contribution is 2.10. The molecule has 0 bridgehead atoms. The number of piperazine rings is 1. The van der Waals surface area contributed by atoms with Gasteiger partial charge in [-0.2, -0.15) is 0 Å². The highest BCUT2D eigenvalue weighted by molar-refractivity contribution is 5.94. The van der Waals surface area contributed by atoms with E-state index in [9.17, 15) is 9.59 Å². The minimum absolute atomic E-state index is 0.122. The number of anilines is 1. The van der Waals surface area contributed by atoms with Crippen molar-refractivity contribution in [2.75, 3.05) is 31.5 Å². The third-order valence-corrected chi connectivity index (χ3v) is 3.18. The number of amides is 3. The zero-order valence-electron chi connectivity index (χ0n) is 11.6. The van der Waals surface area contributed by atoms with E-state index in [1.165, 1.54) is 0 Å². The van der Waals surface area contributed by atoms with E-state index >= 15 is 0 Å². The summed E-state index contributed by atoms with van der Waals surface area (Å²) in [6, 6.07) is 8.53. The molecule has 0 spiro atoms. The van der Waals surface area contributed by atoms with Gasteiger partial charge in [0.05, 0.1) is 0 Å². The summed E-state index contributed by atoms with van der Waals surface area (Å²) in [6.07, 6.45) is 0. The maximum atomic E-state index is 12.3. The molecule has 0 aromatic heterocycles. The summed E-state index contributed by atoms with van der Waals surface area (Å²) in [4.78, 5) is 25.9. The Morgan fingerprint density at radius 3 is 2.80 bits per heavy atom. The predicted octanol–water partition coefficient (Wildman–Crippen LogP) is 0.628. The van der Waals surface area contributed by atoms with Crippen molar-refractivity contribution in [3.63, 3.8) is 0 Å². The number of nitrogens with one attached hydrogen (secondary N) is 3. The molecular weight excluding hydrogens is 256 g/mol. The van der Waals surface area contributed by atoms with Crippen molar-refractivity contribution in [3.05, 3.63) is 30.3 Å². The van der Waals surface area contributed by atoms with Gasteiger partial charge in [0.25, 0.3) is 0 Å². The van der Waals surface area contributed by atoms with Crippen molar-refractivity contribution in [3.8, 4) is 0 Å². The maximum Gasteiger partial charge on any atom is 0.322 e. The lowest BCUT2D eigenvalue weighted by molar-refractivity contribution is -0.125. The molecule has 3 N–H and O–H groups in total. The molecule has 1 fully saturated rings. The van der Waals surface area contributed by atoms with E-state index in [1.54, 1.807) is 4.90 Å². The summed E-state index contributed by atoms with van der Waals surface area (Å²) in [7, 11) is 0. The van der Waals surface area contributed by atoms with Crippen LogP contribution in [0.25, 0.3) is 0 Å². The molecule has 0 aliphatic carbocycles. The van der Waals surface area contributed by atoms with Gasteiger partial charge in [-0.3, -0.25) is 4.79 Å². The molecule has 1 saturated heterocycles. The highest BCUT2D eigenvalue weighted by atomic mass is 16.2. The molecule has 6 nitrogen and oxygen atoms in total. The minimum Gasteiger partial charge on any atom is -0.355 e. The third-order valence-electron chi connectivity index (χ3n) is 3.18. The molecule has 6 heteroatoms. The van der Waals surface area contributed by atoms with E-state index in [0.29, 0.717) is 26.2 Å². The van der Waals surface area contributed by atoms with Crippen LogP contribution >= 0.6 is 0 Å². The van der Waals surface area contributed by atoms with Gasteiger partial charge >= 0.3 is 6.03 Å². The lowest BCUT2D eigenvalue weighted by Gasteiger charge is -2.35. The molecule has 1 atom stereocenters. The highest BCUT2D eigenvalue weighted by Gasteiger charge is 2.31. The number of benzene rings is 1. The van der Waals surface area contributed by atoms with Crippen molar-refractivity contribution < 1.29 is 9.59 Å². The van der Waals surface area contributed by atoms with Crippen molar-refractivity contribution in [1.29, 1.82) is 0 Å². The Labute approximate surface area is 118 Å². The fourth-order valence-electron chi connectivity index (χ4n) is 2.19. The minimum atomic E-state index is -0.465. The average molecular weight is 276 g/mol. The molecule has 1 aromatic rings. The zero-order valence-corrected chi connectivity index (χ0v) is 11.6. The fraction of sp³-hybridized carbons (Fsp3) is 0.429. The molecule has 0 saturated carbocycles. The van der Waals surface area contributed by atoms with Crippen molar-refractivity contribution in [2.45, 2.75) is 13.0 Å². The quantitative estimate of drug-likeness (QED) is 0.758. The predicted molar refractivity (Wildman–Crippen MR) is 77.5 cm³/mol. The first-order valence-corrected chi connectivity index (χ1v) is 6.83. The van der Waals surface area contributed by atoms with Gasteiger partial charge in [-0.1, -0.05) is 18.2 Å². The normalized spacial score (nSPS) is 18.4. The van der Waals surface area contributed by atoms with Gasteiger partial charge in [0, 0.05) is 31.9 Å². The van der Waals surface area contributed by atoms with E-state index in [4.69, 9.17) is 0 Å². The van der Waals surface area contributed by atoms with Crippen LogP contribution in [-0.2, 0) is 4.79 Å². The topological polar surface area (TPSA) is 73.5 Å². The molecule has 20 heavy (non-hydrogen) atoms. The van der Waals surface area contributed by atoms with Crippen LogP contribution in [0.5, 0.6) is 0 Å². The van der Waals surface area contributed by atoms with Crippen LogP contribution in [-0.4, -0.2) is 49.1 Å². The van der Waals surface area contributed by atoms with E-state index in [0.717, 1.165) is 5.69 Å². The maximum absolute atomic E-state index is 12.3. The lowest BCUT2D eigenvalue weighted by Crippen LogP contribution is -2.60. The Morgan fingerprint density at radius 2 is 2.10 bits per heavy atom. The summed E-state index contributed by atoms with van der Waals surface area (Å²) in [5.41, 5.74) is 0.727. The molecule has 3 amide bonds. The van der Waals surface area contributed by atoms with Gasteiger partial charge < -0.3 is 20.9 Å². The first-order chi connectivity index (χ1) is 9.72. The third kappa shape index (κ3) is 3.48. The number of carbonyl (C=O) groups excluding carboxylic acids is 2. The number of nitrogens with zero attached hydrogens (tertiary/aromatic N) is 1. The molecule has 1 aliphatic rings. The van der Waals surface area contributed by atoms with Gasteiger partial charge in [-0.25, -0.2) is 4.79 Å². The van der Waals surface area contributed by atoms with E-state index in [2.05, 4.69) is 16.0 Å². The van der Waals surface area contributed by atoms with Crippen LogP contribution in [0.15, 0.2) is 30.3 Å². The number of likely N-dealkylation sites (N-methyl/N-ethyl adjacent to an activating group) is 1. The summed E-state index contributed by atoms with van der Waals surface area (Å²) >= 11 is 0. The average Bonchev–Trinajstić information content (AvgIpc) is 2.48. The van der Waals surface area contributed by atoms with E-state index in [1.807, 2.05) is 37.3 Å². The molecule has 1 aliphatic heterocycles. The summed E-state index contributed by atoms with van der Waals surface area (Å²) < 4.78 is 0. The molecule has 108 valence electrons. The SMILES string of the molecule is CCNC(=O)C1CNCCN1C(=O)Nc1ccccc1. The van der Waals surface area contributed by atoms with Crippen LogP contribution in [0.4, 0.5) is 10.5 Å². The van der Waals surface area contributed by atoms with Crippen LogP contribution in [0.1, 0.15) is 6.92 Å². The summed E-state index contributed by atoms with van der Waals surface area (Å²) in [6.45, 7) is 4.11. The van der Waals surface area contributed by atoms with E-state index < -0.39 is 6.04 Å². The number of hydrogen-bond acceptors (Lipinski definition) is 3. The van der Waals surface area contributed by atoms with Crippen LogP contribution < -0.4 is 16.0 Å². The second kappa shape index (κ2) is 6.91. The number of hydrogen-bond donors (Lipinski definition) is 3. The largest absolute Gasteiger partial charge is 0.355 e. The van der Waals surface area contributed by atoms with Gasteiger partial charge in [0.15, 0.2) is 0 Å². The number of urea groups is 1. The Kier molecular flexibility index (Phi) is 4.95.